The lowest BCUT2D eigenvalue weighted by Crippen LogP contribution is -2.20. The lowest BCUT2D eigenvalue weighted by Gasteiger charge is -2.16. The highest BCUT2D eigenvalue weighted by Gasteiger charge is 2.21. The molecule has 0 radical (unpaired) electrons. The van der Waals surface area contributed by atoms with Gasteiger partial charge in [-0.15, -0.1) is 5.10 Å². The maximum Gasteiger partial charge on any atom is 0.138 e. The second kappa shape index (κ2) is 7.16. The highest BCUT2D eigenvalue weighted by Crippen LogP contribution is 2.19. The number of carbonyl (C=O) groups is 2. The summed E-state index contributed by atoms with van der Waals surface area (Å²) in [6, 6.07) is 0. The molecule has 0 aliphatic heterocycles. The Balaban J connectivity index is 2.39. The monoisotopic (exact) mass is 307 g/mol. The van der Waals surface area contributed by atoms with Gasteiger partial charge in [0.1, 0.15) is 11.6 Å². The number of aromatic nitrogens is 3. The van der Waals surface area contributed by atoms with Gasteiger partial charge in [-0.05, 0) is 6.42 Å². The van der Waals surface area contributed by atoms with Gasteiger partial charge in [0.15, 0.2) is 0 Å². The molecule has 1 aromatic heterocycles. The summed E-state index contributed by atoms with van der Waals surface area (Å²) in [4.78, 5) is 23.7. The van der Waals surface area contributed by atoms with E-state index in [4.69, 9.17) is 0 Å². The molecule has 0 aliphatic rings. The van der Waals surface area contributed by atoms with Gasteiger partial charge in [0.05, 0.1) is 5.69 Å². The zero-order chi connectivity index (χ0) is 17.0. The highest BCUT2D eigenvalue weighted by atomic mass is 16.1. The summed E-state index contributed by atoms with van der Waals surface area (Å²) in [5.74, 6) is 0.501. The Morgan fingerprint density at radius 1 is 1.00 bits per heavy atom. The average molecular weight is 307 g/mol. The Kier molecular flexibility index (Phi) is 6.03. The van der Waals surface area contributed by atoms with E-state index in [0.29, 0.717) is 25.8 Å². The molecule has 0 aliphatic carbocycles. The molecule has 0 N–H and O–H groups in total. The minimum absolute atomic E-state index is 0.234. The number of Topliss-reactive ketones (excluding diaryl/α,β-unsaturated/α-hetero) is 2. The van der Waals surface area contributed by atoms with Gasteiger partial charge >= 0.3 is 0 Å². The molecule has 22 heavy (non-hydrogen) atoms. The summed E-state index contributed by atoms with van der Waals surface area (Å²) in [6.45, 7) is 12.3. The van der Waals surface area contributed by atoms with Crippen molar-refractivity contribution in [1.29, 1.82) is 0 Å². The van der Waals surface area contributed by atoms with E-state index in [9.17, 15) is 9.59 Å². The van der Waals surface area contributed by atoms with Crippen LogP contribution in [0.25, 0.3) is 0 Å². The number of carbonyl (C=O) groups excluding carboxylic acids is 2. The molecule has 1 heterocycles. The van der Waals surface area contributed by atoms with Crippen molar-refractivity contribution in [3.05, 3.63) is 11.9 Å². The molecule has 124 valence electrons. The van der Waals surface area contributed by atoms with Gasteiger partial charge in [0, 0.05) is 42.8 Å². The van der Waals surface area contributed by atoms with Crippen molar-refractivity contribution in [2.75, 3.05) is 0 Å². The molecule has 0 saturated heterocycles. The number of hydrogen-bond acceptors (Lipinski definition) is 4. The molecule has 0 fully saturated rings. The Morgan fingerprint density at radius 3 is 2.09 bits per heavy atom. The second-order valence-electron chi connectivity index (χ2n) is 7.92. The molecule has 0 amide bonds. The summed E-state index contributed by atoms with van der Waals surface area (Å²) in [5.41, 5.74) is 0.254. The lowest BCUT2D eigenvalue weighted by molar-refractivity contribution is -0.127. The third-order valence-electron chi connectivity index (χ3n) is 3.66. The Bertz CT molecular complexity index is 519. The van der Waals surface area contributed by atoms with Crippen LogP contribution in [0.4, 0.5) is 0 Å². The van der Waals surface area contributed by atoms with Crippen LogP contribution in [0.5, 0.6) is 0 Å². The third kappa shape index (κ3) is 6.08. The van der Waals surface area contributed by atoms with Crippen LogP contribution in [0.15, 0.2) is 6.20 Å². The van der Waals surface area contributed by atoms with Crippen molar-refractivity contribution in [2.24, 2.45) is 10.8 Å². The standard InChI is InChI=1S/C17H29N3O2/c1-16(2,3)14(21)8-7-11-20-12-13(18-19-20)9-10-15(22)17(4,5)6/h12H,7-11H2,1-6H3. The van der Waals surface area contributed by atoms with E-state index in [1.54, 1.807) is 4.68 Å². The molecule has 0 atom stereocenters. The van der Waals surface area contributed by atoms with Crippen LogP contribution >= 0.6 is 0 Å². The Hall–Kier alpha value is -1.52. The molecule has 5 heteroatoms. The van der Waals surface area contributed by atoms with Crippen molar-refractivity contribution in [3.63, 3.8) is 0 Å². The maximum absolute atomic E-state index is 11.9. The smallest absolute Gasteiger partial charge is 0.138 e. The van der Waals surface area contributed by atoms with Crippen molar-refractivity contribution in [1.82, 2.24) is 15.0 Å². The fraction of sp³-hybridized carbons (Fsp3) is 0.765. The molecule has 5 nitrogen and oxygen atoms in total. The molecule has 0 saturated carbocycles. The van der Waals surface area contributed by atoms with E-state index < -0.39 is 0 Å². The van der Waals surface area contributed by atoms with Crippen molar-refractivity contribution < 1.29 is 9.59 Å². The SMILES string of the molecule is CC(C)(C)C(=O)CCCn1cc(CCC(=O)C(C)(C)C)nn1. The summed E-state index contributed by atoms with van der Waals surface area (Å²) >= 11 is 0. The minimum atomic E-state index is -0.302. The minimum Gasteiger partial charge on any atom is -0.299 e. The van der Waals surface area contributed by atoms with Crippen LogP contribution in [0, 0.1) is 10.8 Å². The van der Waals surface area contributed by atoms with Crippen LogP contribution in [-0.4, -0.2) is 26.6 Å². The summed E-state index contributed by atoms with van der Waals surface area (Å²) in [5, 5.41) is 8.15. The predicted molar refractivity (Wildman–Crippen MR) is 86.5 cm³/mol. The summed E-state index contributed by atoms with van der Waals surface area (Å²) in [6.07, 6.45) is 4.31. The summed E-state index contributed by atoms with van der Waals surface area (Å²) < 4.78 is 1.76. The van der Waals surface area contributed by atoms with Crippen LogP contribution in [0.2, 0.25) is 0 Å². The van der Waals surface area contributed by atoms with Gasteiger partial charge in [0.2, 0.25) is 0 Å². The zero-order valence-corrected chi connectivity index (χ0v) is 14.8. The number of ketones is 2. The molecule has 0 unspecified atom stereocenters. The average Bonchev–Trinajstić information content (AvgIpc) is 2.81. The fourth-order valence-corrected chi connectivity index (χ4v) is 1.96. The van der Waals surface area contributed by atoms with Crippen LogP contribution in [0.3, 0.4) is 0 Å². The normalized spacial score (nSPS) is 12.5. The van der Waals surface area contributed by atoms with E-state index >= 15 is 0 Å². The maximum atomic E-state index is 11.9. The lowest BCUT2D eigenvalue weighted by atomic mass is 9.88. The van der Waals surface area contributed by atoms with Crippen LogP contribution < -0.4 is 0 Å². The molecule has 0 spiro atoms. The fourth-order valence-electron chi connectivity index (χ4n) is 1.96. The second-order valence-corrected chi connectivity index (χ2v) is 7.92. The van der Waals surface area contributed by atoms with Gasteiger partial charge in [-0.1, -0.05) is 46.8 Å². The van der Waals surface area contributed by atoms with Crippen molar-refractivity contribution in [2.45, 2.75) is 73.8 Å². The molecular formula is C17H29N3O2. The molecule has 1 rings (SSSR count). The molecule has 1 aromatic rings. The third-order valence-corrected chi connectivity index (χ3v) is 3.66. The number of nitrogens with zero attached hydrogens (tertiary/aromatic N) is 3. The van der Waals surface area contributed by atoms with Gasteiger partial charge < -0.3 is 0 Å². The van der Waals surface area contributed by atoms with Gasteiger partial charge in [-0.25, -0.2) is 0 Å². The first-order valence-corrected chi connectivity index (χ1v) is 7.96. The van der Waals surface area contributed by atoms with Crippen molar-refractivity contribution in [3.8, 4) is 0 Å². The number of hydrogen-bond donors (Lipinski definition) is 0. The first-order chi connectivity index (χ1) is 10.00. The molecular weight excluding hydrogens is 278 g/mol. The Morgan fingerprint density at radius 2 is 1.55 bits per heavy atom. The van der Waals surface area contributed by atoms with E-state index in [1.165, 1.54) is 0 Å². The Labute approximate surface area is 133 Å². The largest absolute Gasteiger partial charge is 0.299 e. The number of aryl methyl sites for hydroxylation is 2. The van der Waals surface area contributed by atoms with Gasteiger partial charge in [-0.2, -0.15) is 0 Å². The van der Waals surface area contributed by atoms with E-state index in [1.807, 2.05) is 47.7 Å². The van der Waals surface area contributed by atoms with E-state index in [0.717, 1.165) is 12.1 Å². The molecule has 0 aromatic carbocycles. The van der Waals surface area contributed by atoms with Crippen molar-refractivity contribution >= 4 is 11.6 Å². The van der Waals surface area contributed by atoms with E-state index in [2.05, 4.69) is 10.3 Å². The number of rotatable bonds is 7. The molecule has 0 bridgehead atoms. The first-order valence-electron chi connectivity index (χ1n) is 7.96. The van der Waals surface area contributed by atoms with Gasteiger partial charge in [-0.3, -0.25) is 14.3 Å². The summed E-state index contributed by atoms with van der Waals surface area (Å²) in [7, 11) is 0. The topological polar surface area (TPSA) is 64.8 Å². The quantitative estimate of drug-likeness (QED) is 0.776. The first kappa shape index (κ1) is 18.5. The highest BCUT2D eigenvalue weighted by molar-refractivity contribution is 5.84. The van der Waals surface area contributed by atoms with E-state index in [-0.39, 0.29) is 22.4 Å². The van der Waals surface area contributed by atoms with Gasteiger partial charge in [0.25, 0.3) is 0 Å². The zero-order valence-electron chi connectivity index (χ0n) is 14.8. The predicted octanol–water partition coefficient (Wildman–Crippen LogP) is 3.22. The van der Waals surface area contributed by atoms with Crippen LogP contribution in [0.1, 0.15) is 66.5 Å². The van der Waals surface area contributed by atoms with Crippen LogP contribution in [-0.2, 0) is 22.6 Å².